The van der Waals surface area contributed by atoms with Crippen molar-refractivity contribution in [2.75, 3.05) is 0 Å². The largest absolute Gasteiger partial charge is 0.478 e. The highest BCUT2D eigenvalue weighted by atomic mass is 16.6. The van der Waals surface area contributed by atoms with E-state index in [2.05, 4.69) is 13.8 Å². The average Bonchev–Trinajstić information content (AvgIpc) is 2.88. The molecule has 0 saturated heterocycles. The number of hydrogen-bond acceptors (Lipinski definition) is 5. The van der Waals surface area contributed by atoms with E-state index in [0.717, 1.165) is 6.42 Å². The third-order valence-corrected chi connectivity index (χ3v) is 7.33. The number of carbonyl (C=O) groups is 2. The Labute approximate surface area is 153 Å². The second kappa shape index (κ2) is 6.50. The maximum Gasteiger partial charge on any atom is 0.333 e. The number of ether oxygens (including phenoxy) is 1. The molecule has 1 saturated carbocycles. The lowest BCUT2D eigenvalue weighted by molar-refractivity contribution is -0.151. The second-order valence-corrected chi connectivity index (χ2v) is 8.50. The zero-order valence-corrected chi connectivity index (χ0v) is 15.6. The summed E-state index contributed by atoms with van der Waals surface area (Å²) in [5.74, 6) is -1.27. The van der Waals surface area contributed by atoms with Gasteiger partial charge in [0.05, 0.1) is 6.10 Å². The van der Waals surface area contributed by atoms with E-state index in [1.54, 1.807) is 6.08 Å². The molecule has 3 aliphatic rings. The van der Waals surface area contributed by atoms with Crippen molar-refractivity contribution in [2.24, 2.45) is 22.7 Å². The minimum atomic E-state index is -1.18. The van der Waals surface area contributed by atoms with Crippen molar-refractivity contribution in [2.45, 2.75) is 65.3 Å². The summed E-state index contributed by atoms with van der Waals surface area (Å²) in [7, 11) is 0. The lowest BCUT2D eigenvalue weighted by Gasteiger charge is -2.59. The lowest BCUT2D eigenvalue weighted by atomic mass is 9.45. The molecule has 0 bridgehead atoms. The first-order valence-corrected chi connectivity index (χ1v) is 9.31. The van der Waals surface area contributed by atoms with Gasteiger partial charge in [0.1, 0.15) is 0 Å². The summed E-state index contributed by atoms with van der Waals surface area (Å²) < 4.78 is 4.76. The summed E-state index contributed by atoms with van der Waals surface area (Å²) in [6.07, 6.45) is 4.49. The molecule has 0 radical (unpaired) electrons. The Morgan fingerprint density at radius 2 is 2.04 bits per heavy atom. The summed E-state index contributed by atoms with van der Waals surface area (Å²) in [6, 6.07) is 0. The van der Waals surface area contributed by atoms with Crippen molar-refractivity contribution < 1.29 is 29.6 Å². The van der Waals surface area contributed by atoms with Crippen LogP contribution in [0.25, 0.3) is 0 Å². The van der Waals surface area contributed by atoms with E-state index in [-0.39, 0.29) is 17.3 Å². The molecule has 144 valence electrons. The molecule has 1 fully saturated rings. The Bertz CT molecular complexity index is 680. The van der Waals surface area contributed by atoms with E-state index in [1.807, 2.05) is 6.92 Å². The van der Waals surface area contributed by atoms with Crippen molar-refractivity contribution in [1.82, 2.24) is 0 Å². The first-order chi connectivity index (χ1) is 12.1. The molecule has 6 heteroatoms. The number of fused-ring (bicyclic) bond motifs is 1. The fourth-order valence-electron chi connectivity index (χ4n) is 5.51. The van der Waals surface area contributed by atoms with Crippen LogP contribution in [-0.2, 0) is 14.3 Å². The van der Waals surface area contributed by atoms with Gasteiger partial charge in [-0.25, -0.2) is 9.59 Å². The Balaban J connectivity index is 1.91. The van der Waals surface area contributed by atoms with Crippen LogP contribution in [0.3, 0.4) is 0 Å². The highest BCUT2D eigenvalue weighted by Gasteiger charge is 2.59. The van der Waals surface area contributed by atoms with Gasteiger partial charge in [-0.05, 0) is 49.4 Å². The van der Waals surface area contributed by atoms with Gasteiger partial charge in [0.25, 0.3) is 0 Å². The van der Waals surface area contributed by atoms with Crippen LogP contribution >= 0.6 is 0 Å². The zero-order valence-electron chi connectivity index (χ0n) is 15.6. The number of rotatable bonds is 4. The van der Waals surface area contributed by atoms with E-state index in [4.69, 9.17) is 4.74 Å². The number of carboxylic acid groups (broad SMARTS) is 1. The number of aliphatic hydroxyl groups excluding tert-OH is 2. The van der Waals surface area contributed by atoms with Crippen LogP contribution in [0.4, 0.5) is 0 Å². The number of cyclic esters (lactones) is 1. The van der Waals surface area contributed by atoms with Gasteiger partial charge in [0, 0.05) is 22.6 Å². The predicted molar refractivity (Wildman–Crippen MR) is 93.9 cm³/mol. The van der Waals surface area contributed by atoms with Crippen molar-refractivity contribution in [3.8, 4) is 0 Å². The van der Waals surface area contributed by atoms with Gasteiger partial charge in [0.2, 0.25) is 6.29 Å². The molecule has 0 aromatic rings. The van der Waals surface area contributed by atoms with Gasteiger partial charge in [-0.3, -0.25) is 0 Å². The molecule has 2 aliphatic carbocycles. The van der Waals surface area contributed by atoms with Gasteiger partial charge in [0.15, 0.2) is 0 Å². The average molecular weight is 364 g/mol. The maximum atomic E-state index is 11.8. The maximum absolute atomic E-state index is 11.8. The monoisotopic (exact) mass is 364 g/mol. The molecule has 0 spiro atoms. The van der Waals surface area contributed by atoms with E-state index in [9.17, 15) is 24.9 Å². The number of aliphatic hydroxyl groups is 2. The van der Waals surface area contributed by atoms with Gasteiger partial charge < -0.3 is 20.1 Å². The minimum Gasteiger partial charge on any atom is -0.478 e. The van der Waals surface area contributed by atoms with Crippen LogP contribution in [0.1, 0.15) is 52.9 Å². The molecular formula is C20H28O6. The van der Waals surface area contributed by atoms with Crippen molar-refractivity contribution in [1.29, 1.82) is 0 Å². The van der Waals surface area contributed by atoms with Crippen LogP contribution in [0.2, 0.25) is 0 Å². The van der Waals surface area contributed by atoms with E-state index < -0.39 is 29.7 Å². The Morgan fingerprint density at radius 1 is 1.35 bits per heavy atom. The second-order valence-electron chi connectivity index (χ2n) is 8.50. The van der Waals surface area contributed by atoms with Gasteiger partial charge in [-0.1, -0.05) is 26.8 Å². The van der Waals surface area contributed by atoms with E-state index in [0.29, 0.717) is 36.8 Å². The fourth-order valence-corrected chi connectivity index (χ4v) is 5.51. The van der Waals surface area contributed by atoms with Crippen LogP contribution in [0.15, 0.2) is 23.3 Å². The summed E-state index contributed by atoms with van der Waals surface area (Å²) in [4.78, 5) is 23.2. The molecule has 0 aromatic heterocycles. The van der Waals surface area contributed by atoms with Gasteiger partial charge in [-0.2, -0.15) is 0 Å². The SMILES string of the molecule is C[C@@H]1C[C@@H](O)[C@]2(C)C(C(=O)O)=CCC[C@H]2[C@@]1(C)CCC1=CC(=O)O[C@@H]1O. The molecule has 0 aromatic carbocycles. The van der Waals surface area contributed by atoms with Gasteiger partial charge >= 0.3 is 11.9 Å². The molecule has 3 N–H and O–H groups in total. The van der Waals surface area contributed by atoms with Crippen LogP contribution in [0.5, 0.6) is 0 Å². The third-order valence-electron chi connectivity index (χ3n) is 7.33. The Kier molecular flexibility index (Phi) is 4.78. The first-order valence-electron chi connectivity index (χ1n) is 9.31. The molecule has 0 amide bonds. The quantitative estimate of drug-likeness (QED) is 0.662. The molecule has 6 atom stereocenters. The summed E-state index contributed by atoms with van der Waals surface area (Å²) in [5, 5.41) is 30.3. The van der Waals surface area contributed by atoms with Crippen molar-refractivity contribution in [3.05, 3.63) is 23.3 Å². The normalized spacial score (nSPS) is 42.6. The summed E-state index contributed by atoms with van der Waals surface area (Å²) in [6.45, 7) is 6.13. The van der Waals surface area contributed by atoms with E-state index in [1.165, 1.54) is 6.08 Å². The third kappa shape index (κ3) is 2.79. The van der Waals surface area contributed by atoms with Gasteiger partial charge in [-0.15, -0.1) is 0 Å². The fraction of sp³-hybridized carbons (Fsp3) is 0.700. The molecular weight excluding hydrogens is 336 g/mol. The predicted octanol–water partition coefficient (Wildman–Crippen LogP) is 2.40. The van der Waals surface area contributed by atoms with Crippen molar-refractivity contribution >= 4 is 11.9 Å². The number of esters is 1. The molecule has 1 heterocycles. The standard InChI is InChI=1S/C20H28O6/c1-11-9-15(21)20(3)13(17(23)24)5-4-6-14(20)19(11,2)8-7-12-10-16(22)26-18(12)25/h5,10-11,14-15,18,21,25H,4,6-9H2,1-3H3,(H,23,24)/t11-,14+,15-,18+,19+,20-/m1/s1. The number of hydrogen-bond donors (Lipinski definition) is 3. The minimum absolute atomic E-state index is 0.0145. The molecule has 0 unspecified atom stereocenters. The smallest absolute Gasteiger partial charge is 0.333 e. The topological polar surface area (TPSA) is 104 Å². The van der Waals surface area contributed by atoms with Crippen LogP contribution in [0, 0.1) is 22.7 Å². The zero-order chi connectivity index (χ0) is 19.3. The Morgan fingerprint density at radius 3 is 2.62 bits per heavy atom. The van der Waals surface area contributed by atoms with Crippen molar-refractivity contribution in [3.63, 3.8) is 0 Å². The summed E-state index contributed by atoms with van der Waals surface area (Å²) >= 11 is 0. The van der Waals surface area contributed by atoms with Crippen LogP contribution < -0.4 is 0 Å². The molecule has 1 aliphatic heterocycles. The van der Waals surface area contributed by atoms with Crippen LogP contribution in [-0.4, -0.2) is 39.7 Å². The molecule has 6 nitrogen and oxygen atoms in total. The Hall–Kier alpha value is -1.66. The number of aliphatic carboxylic acids is 1. The first kappa shape index (κ1) is 19.1. The molecule has 3 rings (SSSR count). The highest BCUT2D eigenvalue weighted by molar-refractivity contribution is 5.88. The number of allylic oxidation sites excluding steroid dienone is 1. The molecule has 26 heavy (non-hydrogen) atoms. The van der Waals surface area contributed by atoms with E-state index >= 15 is 0 Å². The number of carboxylic acids is 1. The number of carbonyl (C=O) groups excluding carboxylic acids is 1. The lowest BCUT2D eigenvalue weighted by Crippen LogP contribution is -2.57. The highest BCUT2D eigenvalue weighted by Crippen LogP contribution is 2.62. The summed E-state index contributed by atoms with van der Waals surface area (Å²) in [5.41, 5.74) is -0.116.